The number of amides is 1. The molecular weight excluding hydrogens is 208 g/mol. The third-order valence-corrected chi connectivity index (χ3v) is 1.98. The van der Waals surface area contributed by atoms with Gasteiger partial charge in [-0.2, -0.15) is 5.26 Å². The zero-order chi connectivity index (χ0) is 12.1. The summed E-state index contributed by atoms with van der Waals surface area (Å²) in [5.74, 6) is -1.44. The molecule has 0 saturated carbocycles. The van der Waals surface area contributed by atoms with Crippen LogP contribution in [0.3, 0.4) is 0 Å². The third kappa shape index (κ3) is 2.82. The van der Waals surface area contributed by atoms with Crippen molar-refractivity contribution in [2.24, 2.45) is 0 Å². The minimum Gasteiger partial charge on any atom is -0.480 e. The average molecular weight is 218 g/mol. The lowest BCUT2D eigenvalue weighted by molar-refractivity contribution is -0.136. The molecule has 0 aliphatic heterocycles. The molecule has 82 valence electrons. The molecule has 0 heterocycles. The minimum absolute atomic E-state index is 0.355. The lowest BCUT2D eigenvalue weighted by atomic mass is 10.2. The fourth-order valence-corrected chi connectivity index (χ4v) is 1.24. The second kappa shape index (κ2) is 4.94. The Bertz CT molecular complexity index is 445. The van der Waals surface area contributed by atoms with E-state index in [0.717, 1.165) is 4.90 Å². The maximum atomic E-state index is 11.2. The molecule has 1 N–H and O–H groups in total. The number of hydrogen-bond acceptors (Lipinski definition) is 3. The second-order valence-electron chi connectivity index (χ2n) is 3.16. The largest absolute Gasteiger partial charge is 0.480 e. The van der Waals surface area contributed by atoms with Crippen molar-refractivity contribution in [3.05, 3.63) is 29.8 Å². The van der Waals surface area contributed by atoms with Crippen LogP contribution in [-0.4, -0.2) is 23.5 Å². The van der Waals surface area contributed by atoms with Crippen LogP contribution in [0, 0.1) is 11.3 Å². The summed E-state index contributed by atoms with van der Waals surface area (Å²) < 4.78 is 0. The van der Waals surface area contributed by atoms with Crippen molar-refractivity contribution in [3.63, 3.8) is 0 Å². The van der Waals surface area contributed by atoms with Crippen molar-refractivity contribution in [3.8, 4) is 6.07 Å². The molecule has 5 heteroatoms. The van der Waals surface area contributed by atoms with E-state index in [0.29, 0.717) is 11.3 Å². The summed E-state index contributed by atoms with van der Waals surface area (Å²) in [5.41, 5.74) is 0.927. The number of nitriles is 1. The highest BCUT2D eigenvalue weighted by Crippen LogP contribution is 2.14. The topological polar surface area (TPSA) is 81.4 Å². The second-order valence-corrected chi connectivity index (χ2v) is 3.16. The van der Waals surface area contributed by atoms with Gasteiger partial charge in [0, 0.05) is 12.6 Å². The van der Waals surface area contributed by atoms with Crippen molar-refractivity contribution in [2.75, 3.05) is 11.4 Å². The molecule has 16 heavy (non-hydrogen) atoms. The first-order chi connectivity index (χ1) is 7.54. The molecule has 0 spiro atoms. The highest BCUT2D eigenvalue weighted by Gasteiger charge is 2.14. The van der Waals surface area contributed by atoms with Gasteiger partial charge in [-0.25, -0.2) is 0 Å². The molecule has 0 unspecified atom stereocenters. The van der Waals surface area contributed by atoms with E-state index < -0.39 is 5.97 Å². The van der Waals surface area contributed by atoms with Gasteiger partial charge < -0.3 is 10.0 Å². The summed E-state index contributed by atoms with van der Waals surface area (Å²) in [6.45, 7) is 0.905. The number of aliphatic carboxylic acids is 1. The Balaban J connectivity index is 2.98. The van der Waals surface area contributed by atoms with Crippen molar-refractivity contribution in [1.29, 1.82) is 5.26 Å². The van der Waals surface area contributed by atoms with Crippen LogP contribution < -0.4 is 4.90 Å². The number of carboxylic acids is 1. The van der Waals surface area contributed by atoms with Crippen LogP contribution in [0.5, 0.6) is 0 Å². The number of nitrogens with zero attached hydrogens (tertiary/aromatic N) is 2. The Morgan fingerprint density at radius 1 is 1.38 bits per heavy atom. The normalized spacial score (nSPS) is 9.25. The van der Waals surface area contributed by atoms with Crippen molar-refractivity contribution in [2.45, 2.75) is 6.92 Å². The van der Waals surface area contributed by atoms with Gasteiger partial charge in [0.15, 0.2) is 0 Å². The molecule has 1 aromatic rings. The number of hydrogen-bond donors (Lipinski definition) is 1. The molecule has 0 aliphatic rings. The van der Waals surface area contributed by atoms with Gasteiger partial charge in [0.2, 0.25) is 5.91 Å². The van der Waals surface area contributed by atoms with Gasteiger partial charge >= 0.3 is 5.97 Å². The van der Waals surface area contributed by atoms with Gasteiger partial charge in [-0.15, -0.1) is 0 Å². The molecule has 1 amide bonds. The lowest BCUT2D eigenvalue weighted by Gasteiger charge is -2.18. The van der Waals surface area contributed by atoms with E-state index in [1.165, 1.54) is 19.1 Å². The predicted molar refractivity (Wildman–Crippen MR) is 56.8 cm³/mol. The average Bonchev–Trinajstić information content (AvgIpc) is 2.25. The lowest BCUT2D eigenvalue weighted by Crippen LogP contribution is -2.33. The summed E-state index contributed by atoms with van der Waals surface area (Å²) in [5, 5.41) is 17.2. The Labute approximate surface area is 92.5 Å². The summed E-state index contributed by atoms with van der Waals surface area (Å²) in [7, 11) is 0. The van der Waals surface area contributed by atoms with Crippen molar-refractivity contribution in [1.82, 2.24) is 0 Å². The number of rotatable bonds is 3. The van der Waals surface area contributed by atoms with E-state index in [1.807, 2.05) is 6.07 Å². The van der Waals surface area contributed by atoms with E-state index >= 15 is 0 Å². The van der Waals surface area contributed by atoms with E-state index in [4.69, 9.17) is 10.4 Å². The molecule has 0 saturated heterocycles. The standard InChI is InChI=1S/C11H10N2O3/c1-8(14)13(7-11(15)16)10-4-2-9(6-12)3-5-10/h2-5H,7H2,1H3,(H,15,16). The molecular formula is C11H10N2O3. The van der Waals surface area contributed by atoms with E-state index in [9.17, 15) is 9.59 Å². The van der Waals surface area contributed by atoms with Gasteiger partial charge in [-0.3, -0.25) is 9.59 Å². The maximum Gasteiger partial charge on any atom is 0.323 e. The fourth-order valence-electron chi connectivity index (χ4n) is 1.24. The molecule has 5 nitrogen and oxygen atoms in total. The van der Waals surface area contributed by atoms with E-state index in [-0.39, 0.29) is 12.5 Å². The third-order valence-electron chi connectivity index (χ3n) is 1.98. The quantitative estimate of drug-likeness (QED) is 0.820. The molecule has 0 aliphatic carbocycles. The van der Waals surface area contributed by atoms with Crippen LogP contribution in [-0.2, 0) is 9.59 Å². The van der Waals surface area contributed by atoms with E-state index in [2.05, 4.69) is 0 Å². The highest BCUT2D eigenvalue weighted by molar-refractivity contribution is 5.95. The van der Waals surface area contributed by atoms with Crippen LogP contribution in [0.15, 0.2) is 24.3 Å². The van der Waals surface area contributed by atoms with Gasteiger partial charge in [0.05, 0.1) is 11.6 Å². The molecule has 0 radical (unpaired) electrons. The first-order valence-corrected chi connectivity index (χ1v) is 4.54. The van der Waals surface area contributed by atoms with Crippen LogP contribution in [0.4, 0.5) is 5.69 Å². The Kier molecular flexibility index (Phi) is 3.62. The van der Waals surface area contributed by atoms with Gasteiger partial charge in [-0.05, 0) is 24.3 Å². The summed E-state index contributed by atoms with van der Waals surface area (Å²) in [6.07, 6.45) is 0. The summed E-state index contributed by atoms with van der Waals surface area (Å²) in [4.78, 5) is 22.9. The zero-order valence-electron chi connectivity index (χ0n) is 8.67. The monoisotopic (exact) mass is 218 g/mol. The molecule has 0 fully saturated rings. The van der Waals surface area contributed by atoms with Gasteiger partial charge in [0.1, 0.15) is 6.54 Å². The highest BCUT2D eigenvalue weighted by atomic mass is 16.4. The minimum atomic E-state index is -1.08. The number of carboxylic acid groups (broad SMARTS) is 1. The molecule has 1 rings (SSSR count). The first kappa shape index (κ1) is 11.7. The smallest absolute Gasteiger partial charge is 0.323 e. The Hall–Kier alpha value is -2.35. The predicted octanol–water partition coefficient (Wildman–Crippen LogP) is 0.996. The van der Waals surface area contributed by atoms with Crippen LogP contribution in [0.25, 0.3) is 0 Å². The number of carbonyl (C=O) groups excluding carboxylic acids is 1. The maximum absolute atomic E-state index is 11.2. The Morgan fingerprint density at radius 2 is 1.94 bits per heavy atom. The SMILES string of the molecule is CC(=O)N(CC(=O)O)c1ccc(C#N)cc1. The summed E-state index contributed by atoms with van der Waals surface area (Å²) in [6, 6.07) is 8.10. The van der Waals surface area contributed by atoms with Gasteiger partial charge in [0.25, 0.3) is 0 Å². The van der Waals surface area contributed by atoms with Crippen molar-refractivity contribution < 1.29 is 14.7 Å². The molecule has 1 aromatic carbocycles. The van der Waals surface area contributed by atoms with Crippen molar-refractivity contribution >= 4 is 17.6 Å². The van der Waals surface area contributed by atoms with Crippen LogP contribution >= 0.6 is 0 Å². The first-order valence-electron chi connectivity index (χ1n) is 4.54. The Morgan fingerprint density at radius 3 is 2.31 bits per heavy atom. The molecule has 0 aromatic heterocycles. The zero-order valence-corrected chi connectivity index (χ0v) is 8.67. The van der Waals surface area contributed by atoms with Gasteiger partial charge in [-0.1, -0.05) is 0 Å². The van der Waals surface area contributed by atoms with Crippen LogP contribution in [0.2, 0.25) is 0 Å². The van der Waals surface area contributed by atoms with E-state index in [1.54, 1.807) is 12.1 Å². The number of carbonyl (C=O) groups is 2. The number of anilines is 1. The molecule has 0 atom stereocenters. The number of benzene rings is 1. The van der Waals surface area contributed by atoms with Crippen LogP contribution in [0.1, 0.15) is 12.5 Å². The fraction of sp³-hybridized carbons (Fsp3) is 0.182. The molecule has 0 bridgehead atoms. The summed E-state index contributed by atoms with van der Waals surface area (Å²) >= 11 is 0.